The molecule has 1 saturated carbocycles. The molecule has 0 radical (unpaired) electrons. The third kappa shape index (κ3) is 9.68. The number of hydrogen-bond acceptors (Lipinski definition) is 5. The third-order valence-corrected chi connectivity index (χ3v) is 9.57. The molecule has 0 bridgehead atoms. The summed E-state index contributed by atoms with van der Waals surface area (Å²) in [5, 5.41) is 16.3. The van der Waals surface area contributed by atoms with Gasteiger partial charge >= 0.3 is 12.4 Å². The number of hydrogen-bond donors (Lipinski definition) is 2. The van der Waals surface area contributed by atoms with E-state index in [1.165, 1.54) is 38.2 Å². The first-order valence-electron chi connectivity index (χ1n) is 15.9. The van der Waals surface area contributed by atoms with Crippen molar-refractivity contribution in [2.45, 2.75) is 88.0 Å². The number of Topliss-reactive ketones (excluding diaryl/α,β-unsaturated/α-hetero) is 1. The second-order valence-electron chi connectivity index (χ2n) is 12.7. The average Bonchev–Trinajstić information content (AvgIpc) is 3.03. The van der Waals surface area contributed by atoms with Gasteiger partial charge in [-0.2, -0.15) is 26.3 Å². The number of carbonyl (C=O) groups is 1. The van der Waals surface area contributed by atoms with Crippen LogP contribution in [0, 0.1) is 22.5 Å². The number of nitrogens with one attached hydrogen (secondary N) is 2. The van der Waals surface area contributed by atoms with Crippen molar-refractivity contribution in [3.8, 4) is 0 Å². The van der Waals surface area contributed by atoms with Crippen molar-refractivity contribution in [2.75, 3.05) is 32.7 Å². The van der Waals surface area contributed by atoms with Gasteiger partial charge in [0.05, 0.1) is 16.8 Å². The van der Waals surface area contributed by atoms with Crippen LogP contribution < -0.4 is 0 Å². The summed E-state index contributed by atoms with van der Waals surface area (Å²) in [6.07, 6.45) is -3.56. The molecule has 2 N–H and O–H groups in total. The fraction of sp³-hybridized carbons (Fsp3) is 0.559. The SMILES string of the molecule is N=CCC[C@](CCN1CCN(C2CCCCC2)CC1)(CC(=N)C(=O)Cc1cc(C(F)(F)F)cc(C(F)(F)F)c1)c1ccc(F)c(F)c1. The zero-order chi connectivity index (χ0) is 34.4. The van der Waals surface area contributed by atoms with E-state index in [1.807, 2.05) is 0 Å². The standard InChI is InChI=1S/C34H40F8N4O/c35-28-8-7-24(21-29(28)36)32(9-4-11-43,10-12-45-13-15-46(16-14-45)27-5-2-1-3-6-27)22-30(44)31(47)19-23-17-25(33(37,38)39)20-26(18-23)34(40,41)42/h7-8,11,17-18,20-21,27,43-44H,1-6,9-10,12-16,19,22H2/t32-/m0/s1. The van der Waals surface area contributed by atoms with E-state index in [9.17, 15) is 39.9 Å². The number of halogens is 8. The molecule has 13 heteroatoms. The quantitative estimate of drug-likeness (QED) is 0.166. The predicted octanol–water partition coefficient (Wildman–Crippen LogP) is 8.23. The highest BCUT2D eigenvalue weighted by atomic mass is 19.4. The maximum atomic E-state index is 14.6. The van der Waals surface area contributed by atoms with Crippen LogP contribution in [0.5, 0.6) is 0 Å². The van der Waals surface area contributed by atoms with Gasteiger partial charge in [0.1, 0.15) is 0 Å². The molecule has 1 saturated heterocycles. The molecule has 1 aliphatic heterocycles. The van der Waals surface area contributed by atoms with E-state index < -0.39 is 64.0 Å². The lowest BCUT2D eigenvalue weighted by atomic mass is 9.69. The highest BCUT2D eigenvalue weighted by Crippen LogP contribution is 2.39. The molecule has 2 fully saturated rings. The largest absolute Gasteiger partial charge is 0.416 e. The molecule has 1 aliphatic carbocycles. The topological polar surface area (TPSA) is 71.2 Å². The van der Waals surface area contributed by atoms with Gasteiger partial charge in [0.25, 0.3) is 0 Å². The minimum atomic E-state index is -5.09. The van der Waals surface area contributed by atoms with E-state index in [1.54, 1.807) is 0 Å². The zero-order valence-corrected chi connectivity index (χ0v) is 26.1. The molecule has 0 aromatic heterocycles. The van der Waals surface area contributed by atoms with Gasteiger partial charge in [0.2, 0.25) is 0 Å². The highest BCUT2D eigenvalue weighted by Gasteiger charge is 2.39. The lowest BCUT2D eigenvalue weighted by Gasteiger charge is -2.42. The molecular weight excluding hydrogens is 632 g/mol. The number of benzene rings is 2. The van der Waals surface area contributed by atoms with Crippen molar-refractivity contribution >= 4 is 17.7 Å². The molecule has 0 spiro atoms. The molecule has 2 aliphatic rings. The van der Waals surface area contributed by atoms with E-state index in [-0.39, 0.29) is 25.3 Å². The maximum Gasteiger partial charge on any atom is 0.416 e. The number of ketones is 1. The highest BCUT2D eigenvalue weighted by molar-refractivity contribution is 6.39. The minimum Gasteiger partial charge on any atom is -0.313 e. The number of alkyl halides is 6. The van der Waals surface area contributed by atoms with E-state index in [0.29, 0.717) is 36.7 Å². The second kappa shape index (κ2) is 15.4. The fourth-order valence-electron chi connectivity index (χ4n) is 6.89. The van der Waals surface area contributed by atoms with Crippen molar-refractivity contribution in [1.29, 1.82) is 10.8 Å². The first-order chi connectivity index (χ1) is 22.1. The van der Waals surface area contributed by atoms with Crippen molar-refractivity contribution in [3.63, 3.8) is 0 Å². The Morgan fingerprint density at radius 2 is 1.43 bits per heavy atom. The third-order valence-electron chi connectivity index (χ3n) is 9.57. The lowest BCUT2D eigenvalue weighted by molar-refractivity contribution is -0.143. The van der Waals surface area contributed by atoms with E-state index in [4.69, 9.17) is 10.8 Å². The van der Waals surface area contributed by atoms with Crippen LogP contribution in [0.3, 0.4) is 0 Å². The van der Waals surface area contributed by atoms with Gasteiger partial charge in [-0.15, -0.1) is 0 Å². The van der Waals surface area contributed by atoms with E-state index in [2.05, 4.69) is 9.80 Å². The zero-order valence-electron chi connectivity index (χ0n) is 26.1. The molecule has 0 amide bonds. The van der Waals surface area contributed by atoms with Crippen molar-refractivity contribution in [1.82, 2.24) is 9.80 Å². The number of carbonyl (C=O) groups excluding carboxylic acids is 1. The average molecular weight is 673 g/mol. The first kappa shape index (κ1) is 36.6. The molecule has 5 nitrogen and oxygen atoms in total. The van der Waals surface area contributed by atoms with Gasteiger partial charge in [-0.1, -0.05) is 25.3 Å². The number of piperazine rings is 1. The van der Waals surface area contributed by atoms with Gasteiger partial charge in [0.15, 0.2) is 17.4 Å². The molecule has 2 aromatic rings. The Kier molecular flexibility index (Phi) is 12.0. The Labute approximate surface area is 269 Å². The molecule has 1 heterocycles. The summed E-state index contributed by atoms with van der Waals surface area (Å²) >= 11 is 0. The van der Waals surface area contributed by atoms with Crippen LogP contribution >= 0.6 is 0 Å². The van der Waals surface area contributed by atoms with Crippen molar-refractivity contribution < 1.29 is 39.9 Å². The van der Waals surface area contributed by atoms with Gasteiger partial charge in [-0.3, -0.25) is 9.69 Å². The lowest BCUT2D eigenvalue weighted by Crippen LogP contribution is -2.51. The first-order valence-corrected chi connectivity index (χ1v) is 15.9. The molecule has 1 atom stereocenters. The molecule has 0 unspecified atom stereocenters. The summed E-state index contributed by atoms with van der Waals surface area (Å²) in [6.45, 7) is 3.76. The van der Waals surface area contributed by atoms with E-state index >= 15 is 0 Å². The van der Waals surface area contributed by atoms with Crippen LogP contribution in [0.2, 0.25) is 0 Å². The molecule has 2 aromatic carbocycles. The Morgan fingerprint density at radius 1 is 0.809 bits per heavy atom. The Hall–Kier alpha value is -3.19. The van der Waals surface area contributed by atoms with Crippen LogP contribution in [0.4, 0.5) is 35.1 Å². The summed E-state index contributed by atoms with van der Waals surface area (Å²) in [6, 6.07) is 4.77. The van der Waals surface area contributed by atoms with Crippen LogP contribution in [0.15, 0.2) is 36.4 Å². The smallest absolute Gasteiger partial charge is 0.313 e. The van der Waals surface area contributed by atoms with Crippen molar-refractivity contribution in [2.24, 2.45) is 0 Å². The number of nitrogens with zero attached hydrogens (tertiary/aromatic N) is 2. The molecule has 47 heavy (non-hydrogen) atoms. The predicted molar refractivity (Wildman–Crippen MR) is 163 cm³/mol. The second-order valence-corrected chi connectivity index (χ2v) is 12.7. The van der Waals surface area contributed by atoms with Crippen LogP contribution in [-0.2, 0) is 29.0 Å². The van der Waals surface area contributed by atoms with Crippen LogP contribution in [0.1, 0.15) is 80.0 Å². The Morgan fingerprint density at radius 3 is 1.98 bits per heavy atom. The Bertz CT molecular complexity index is 1380. The van der Waals surface area contributed by atoms with Gasteiger partial charge in [0, 0.05) is 50.5 Å². The molecule has 4 rings (SSSR count). The normalized spacial score (nSPS) is 18.6. The minimum absolute atomic E-state index is 0.0280. The number of rotatable bonds is 13. The maximum absolute atomic E-state index is 14.6. The summed E-state index contributed by atoms with van der Waals surface area (Å²) < 4.78 is 109. The summed E-state index contributed by atoms with van der Waals surface area (Å²) in [5.74, 6) is -3.21. The summed E-state index contributed by atoms with van der Waals surface area (Å²) in [4.78, 5) is 18.0. The van der Waals surface area contributed by atoms with E-state index in [0.717, 1.165) is 44.5 Å². The van der Waals surface area contributed by atoms with Crippen molar-refractivity contribution in [3.05, 3.63) is 70.3 Å². The summed E-state index contributed by atoms with van der Waals surface area (Å²) in [5.41, 5.74) is -5.07. The van der Waals surface area contributed by atoms with Gasteiger partial charge in [-0.25, -0.2) is 8.78 Å². The van der Waals surface area contributed by atoms with Gasteiger partial charge < -0.3 is 15.7 Å². The monoisotopic (exact) mass is 672 g/mol. The Balaban J connectivity index is 1.56. The fourth-order valence-corrected chi connectivity index (χ4v) is 6.89. The van der Waals surface area contributed by atoms with Crippen LogP contribution in [0.25, 0.3) is 0 Å². The van der Waals surface area contributed by atoms with Crippen LogP contribution in [-0.4, -0.2) is 66.3 Å². The van der Waals surface area contributed by atoms with Gasteiger partial charge in [-0.05, 0) is 86.3 Å². The molecular formula is C34H40F8N4O. The molecule has 258 valence electrons. The summed E-state index contributed by atoms with van der Waals surface area (Å²) in [7, 11) is 0.